The summed E-state index contributed by atoms with van der Waals surface area (Å²) in [6.07, 6.45) is -0.0137. The molecule has 1 heterocycles. The number of hydrogen-bond donors (Lipinski definition) is 3. The van der Waals surface area contributed by atoms with E-state index >= 15 is 0 Å². The maximum atomic E-state index is 11.6. The van der Waals surface area contributed by atoms with Gasteiger partial charge in [-0.2, -0.15) is 0 Å². The monoisotopic (exact) mass is 274 g/mol. The Morgan fingerprint density at radius 3 is 2.71 bits per heavy atom. The van der Waals surface area contributed by atoms with Crippen LogP contribution in [0.2, 0.25) is 4.34 Å². The SMILES string of the molecule is C[C@H](CC(=N)C(=O)O)NC(=O)c1ccc(Cl)s1. The van der Waals surface area contributed by atoms with Gasteiger partial charge in [0.15, 0.2) is 0 Å². The van der Waals surface area contributed by atoms with E-state index in [-0.39, 0.29) is 12.3 Å². The minimum Gasteiger partial charge on any atom is -0.477 e. The highest BCUT2D eigenvalue weighted by atomic mass is 35.5. The summed E-state index contributed by atoms with van der Waals surface area (Å²) in [6, 6.07) is 2.80. The molecule has 0 saturated carbocycles. The van der Waals surface area contributed by atoms with Gasteiger partial charge in [0.05, 0.1) is 9.21 Å². The van der Waals surface area contributed by atoms with E-state index in [1.54, 1.807) is 19.1 Å². The first kappa shape index (κ1) is 13.7. The van der Waals surface area contributed by atoms with Gasteiger partial charge in [0.2, 0.25) is 0 Å². The molecule has 0 aliphatic heterocycles. The number of rotatable bonds is 5. The summed E-state index contributed by atoms with van der Waals surface area (Å²) in [5.41, 5.74) is -0.429. The number of carbonyl (C=O) groups is 2. The molecule has 3 N–H and O–H groups in total. The van der Waals surface area contributed by atoms with Crippen molar-refractivity contribution in [2.24, 2.45) is 0 Å². The molecule has 0 aliphatic carbocycles. The molecule has 1 rings (SSSR count). The van der Waals surface area contributed by atoms with Crippen LogP contribution >= 0.6 is 22.9 Å². The van der Waals surface area contributed by atoms with Gasteiger partial charge < -0.3 is 10.4 Å². The highest BCUT2D eigenvalue weighted by molar-refractivity contribution is 7.17. The molecule has 7 heteroatoms. The average molecular weight is 275 g/mol. The third-order valence-corrected chi connectivity index (χ3v) is 3.17. The van der Waals surface area contributed by atoms with Gasteiger partial charge in [-0.15, -0.1) is 11.3 Å². The van der Waals surface area contributed by atoms with Crippen molar-refractivity contribution >= 4 is 40.5 Å². The Kier molecular flexibility index (Phi) is 4.65. The minimum absolute atomic E-state index is 0.0137. The zero-order chi connectivity index (χ0) is 13.0. The number of carbonyl (C=O) groups excluding carboxylic acids is 1. The van der Waals surface area contributed by atoms with E-state index in [4.69, 9.17) is 22.1 Å². The van der Waals surface area contributed by atoms with Crippen LogP contribution in [-0.4, -0.2) is 28.7 Å². The van der Waals surface area contributed by atoms with Crippen molar-refractivity contribution in [3.8, 4) is 0 Å². The fraction of sp³-hybridized carbons (Fsp3) is 0.300. The van der Waals surface area contributed by atoms with E-state index < -0.39 is 17.7 Å². The first-order valence-corrected chi connectivity index (χ1v) is 5.96. The van der Waals surface area contributed by atoms with Crippen molar-refractivity contribution in [1.29, 1.82) is 5.41 Å². The lowest BCUT2D eigenvalue weighted by molar-refractivity contribution is -0.129. The van der Waals surface area contributed by atoms with Gasteiger partial charge in [-0.05, 0) is 19.1 Å². The summed E-state index contributed by atoms with van der Waals surface area (Å²) < 4.78 is 0.515. The molecule has 0 spiro atoms. The molecule has 0 unspecified atom stereocenters. The van der Waals surface area contributed by atoms with Crippen LogP contribution in [0.4, 0.5) is 0 Å². The molecule has 1 aromatic heterocycles. The summed E-state index contributed by atoms with van der Waals surface area (Å²) in [5.74, 6) is -1.59. The van der Waals surface area contributed by atoms with Crippen molar-refractivity contribution in [2.45, 2.75) is 19.4 Å². The van der Waals surface area contributed by atoms with Gasteiger partial charge in [0.25, 0.3) is 5.91 Å². The predicted molar refractivity (Wildman–Crippen MR) is 66.2 cm³/mol. The van der Waals surface area contributed by atoms with Gasteiger partial charge in [0.1, 0.15) is 5.71 Å². The van der Waals surface area contributed by atoms with Crippen molar-refractivity contribution in [2.75, 3.05) is 0 Å². The Bertz CT molecular complexity index is 458. The van der Waals surface area contributed by atoms with Crippen LogP contribution < -0.4 is 5.32 Å². The smallest absolute Gasteiger partial charge is 0.349 e. The highest BCUT2D eigenvalue weighted by Crippen LogP contribution is 2.21. The molecular formula is C10H11ClN2O3S. The van der Waals surface area contributed by atoms with Crippen molar-refractivity contribution in [1.82, 2.24) is 5.32 Å². The standard InChI is InChI=1S/C10H11ClN2O3S/c1-5(4-6(12)10(15)16)13-9(14)7-2-3-8(11)17-7/h2-3,5,12H,4H2,1H3,(H,13,14)(H,15,16)/t5-/m1/s1. The largest absolute Gasteiger partial charge is 0.477 e. The van der Waals surface area contributed by atoms with Gasteiger partial charge in [-0.25, -0.2) is 4.79 Å². The van der Waals surface area contributed by atoms with E-state index in [1.807, 2.05) is 0 Å². The summed E-state index contributed by atoms with van der Waals surface area (Å²) >= 11 is 6.84. The first-order valence-electron chi connectivity index (χ1n) is 4.77. The quantitative estimate of drug-likeness (QED) is 0.718. The molecule has 92 valence electrons. The zero-order valence-corrected chi connectivity index (χ0v) is 10.6. The van der Waals surface area contributed by atoms with Crippen LogP contribution in [0.1, 0.15) is 23.0 Å². The van der Waals surface area contributed by atoms with E-state index in [0.29, 0.717) is 9.21 Å². The fourth-order valence-corrected chi connectivity index (χ4v) is 2.12. The Labute approximate surface area is 107 Å². The van der Waals surface area contributed by atoms with Gasteiger partial charge in [-0.3, -0.25) is 10.2 Å². The summed E-state index contributed by atoms with van der Waals surface area (Å²) in [6.45, 7) is 1.64. The fourth-order valence-electron chi connectivity index (χ4n) is 1.18. The third-order valence-electron chi connectivity index (χ3n) is 1.94. The first-order chi connectivity index (χ1) is 7.90. The second-order valence-corrected chi connectivity index (χ2v) is 5.18. The number of halogens is 1. The molecule has 0 saturated heterocycles. The average Bonchev–Trinajstić information content (AvgIpc) is 2.64. The number of nitrogens with one attached hydrogen (secondary N) is 2. The second kappa shape index (κ2) is 5.79. The molecule has 0 bridgehead atoms. The Hall–Kier alpha value is -1.40. The Morgan fingerprint density at radius 1 is 1.59 bits per heavy atom. The molecule has 0 aromatic carbocycles. The van der Waals surface area contributed by atoms with E-state index in [0.717, 1.165) is 11.3 Å². The lowest BCUT2D eigenvalue weighted by Gasteiger charge is -2.11. The number of amides is 1. The third kappa shape index (κ3) is 4.16. The molecule has 1 amide bonds. The molecule has 0 fully saturated rings. The van der Waals surface area contributed by atoms with Crippen LogP contribution in [0.25, 0.3) is 0 Å². The van der Waals surface area contributed by atoms with Crippen molar-refractivity contribution in [3.05, 3.63) is 21.3 Å². The van der Waals surface area contributed by atoms with E-state index in [1.165, 1.54) is 0 Å². The lowest BCUT2D eigenvalue weighted by atomic mass is 10.1. The maximum Gasteiger partial charge on any atom is 0.349 e. The van der Waals surface area contributed by atoms with Crippen LogP contribution in [0.5, 0.6) is 0 Å². The zero-order valence-electron chi connectivity index (χ0n) is 8.99. The lowest BCUT2D eigenvalue weighted by Crippen LogP contribution is -2.35. The normalized spacial score (nSPS) is 11.9. The van der Waals surface area contributed by atoms with E-state index in [2.05, 4.69) is 5.32 Å². The molecule has 1 atom stereocenters. The summed E-state index contributed by atoms with van der Waals surface area (Å²) in [7, 11) is 0. The minimum atomic E-state index is -1.27. The van der Waals surface area contributed by atoms with Crippen molar-refractivity contribution in [3.63, 3.8) is 0 Å². The molecule has 0 radical (unpaired) electrons. The van der Waals surface area contributed by atoms with Crippen LogP contribution in [0.3, 0.4) is 0 Å². The van der Waals surface area contributed by atoms with Crippen LogP contribution in [0.15, 0.2) is 12.1 Å². The van der Waals surface area contributed by atoms with Gasteiger partial charge in [0, 0.05) is 12.5 Å². The molecule has 5 nitrogen and oxygen atoms in total. The molecule has 17 heavy (non-hydrogen) atoms. The molecular weight excluding hydrogens is 264 g/mol. The Morgan fingerprint density at radius 2 is 2.24 bits per heavy atom. The van der Waals surface area contributed by atoms with Gasteiger partial charge in [-0.1, -0.05) is 11.6 Å². The number of aliphatic carboxylic acids is 1. The maximum absolute atomic E-state index is 11.6. The summed E-state index contributed by atoms with van der Waals surface area (Å²) in [5, 5.41) is 18.3. The molecule has 0 aliphatic rings. The molecule has 1 aromatic rings. The Balaban J connectivity index is 2.52. The number of carboxylic acids is 1. The number of thiophene rings is 1. The second-order valence-electron chi connectivity index (χ2n) is 3.47. The van der Waals surface area contributed by atoms with E-state index in [9.17, 15) is 9.59 Å². The van der Waals surface area contributed by atoms with Gasteiger partial charge >= 0.3 is 5.97 Å². The van der Waals surface area contributed by atoms with Crippen LogP contribution in [-0.2, 0) is 4.79 Å². The summed E-state index contributed by atoms with van der Waals surface area (Å²) in [4.78, 5) is 22.5. The van der Waals surface area contributed by atoms with Crippen LogP contribution in [0, 0.1) is 5.41 Å². The predicted octanol–water partition coefficient (Wildman–Crippen LogP) is 2.01. The topological polar surface area (TPSA) is 90.2 Å². The van der Waals surface area contributed by atoms with Crippen molar-refractivity contribution < 1.29 is 14.7 Å². The number of hydrogen-bond acceptors (Lipinski definition) is 4. The highest BCUT2D eigenvalue weighted by Gasteiger charge is 2.15. The number of carboxylic acid groups (broad SMARTS) is 1.